The van der Waals surface area contributed by atoms with E-state index in [-0.39, 0.29) is 12.2 Å². The number of aromatic nitrogens is 5. The molecule has 0 bridgehead atoms. The first-order valence-electron chi connectivity index (χ1n) is 9.02. The van der Waals surface area contributed by atoms with Crippen LogP contribution in [0, 0.1) is 6.92 Å². The summed E-state index contributed by atoms with van der Waals surface area (Å²) < 4.78 is 0. The topological polar surface area (TPSA) is 96.8 Å². The largest absolute Gasteiger partial charge is 0.369 e. The number of hydrogen-bond donors (Lipinski definition) is 1. The van der Waals surface area contributed by atoms with Gasteiger partial charge in [-0.05, 0) is 45.3 Å². The summed E-state index contributed by atoms with van der Waals surface area (Å²) in [6.45, 7) is 3.46. The molecule has 144 valence electrons. The highest BCUT2D eigenvalue weighted by Crippen LogP contribution is 2.13. The van der Waals surface area contributed by atoms with E-state index >= 15 is 0 Å². The molecule has 8 heteroatoms. The van der Waals surface area contributed by atoms with Gasteiger partial charge in [0.2, 0.25) is 0 Å². The van der Waals surface area contributed by atoms with Gasteiger partial charge in [-0.2, -0.15) is 0 Å². The second kappa shape index (κ2) is 9.09. The van der Waals surface area contributed by atoms with E-state index in [0.29, 0.717) is 28.7 Å². The molecular weight excluding hydrogens is 354 g/mol. The van der Waals surface area contributed by atoms with Gasteiger partial charge in [0.1, 0.15) is 23.2 Å². The summed E-state index contributed by atoms with van der Waals surface area (Å²) in [4.78, 5) is 36.3. The summed E-state index contributed by atoms with van der Waals surface area (Å²) >= 11 is 0. The average Bonchev–Trinajstić information content (AvgIpc) is 2.68. The van der Waals surface area contributed by atoms with Crippen molar-refractivity contribution < 1.29 is 4.79 Å². The Morgan fingerprint density at radius 2 is 1.93 bits per heavy atom. The van der Waals surface area contributed by atoms with Crippen LogP contribution in [0.5, 0.6) is 0 Å². The fourth-order valence-corrected chi connectivity index (χ4v) is 2.54. The molecule has 0 aliphatic rings. The number of ketones is 1. The molecule has 0 aliphatic carbocycles. The van der Waals surface area contributed by atoms with Crippen molar-refractivity contribution in [3.63, 3.8) is 0 Å². The van der Waals surface area contributed by atoms with Crippen LogP contribution in [0.25, 0.3) is 11.5 Å². The SMILES string of the molecule is Cc1nc(CC(=O)c2ccc(NCCN(C)C)nc2)nc(-c2ccccn2)n1. The summed E-state index contributed by atoms with van der Waals surface area (Å²) in [6, 6.07) is 9.09. The number of aryl methyl sites for hydroxylation is 1. The Hall–Kier alpha value is -3.26. The lowest BCUT2D eigenvalue weighted by Crippen LogP contribution is -2.21. The second-order valence-electron chi connectivity index (χ2n) is 6.60. The van der Waals surface area contributed by atoms with Gasteiger partial charge in [-0.25, -0.2) is 19.9 Å². The molecule has 3 heterocycles. The minimum Gasteiger partial charge on any atom is -0.369 e. The maximum Gasteiger partial charge on any atom is 0.181 e. The van der Waals surface area contributed by atoms with Crippen LogP contribution in [0.2, 0.25) is 0 Å². The van der Waals surface area contributed by atoms with E-state index in [1.165, 1.54) is 0 Å². The lowest BCUT2D eigenvalue weighted by atomic mass is 10.1. The Kier molecular flexibility index (Phi) is 6.33. The van der Waals surface area contributed by atoms with Crippen molar-refractivity contribution in [1.29, 1.82) is 0 Å². The van der Waals surface area contributed by atoms with Crippen LogP contribution in [0.15, 0.2) is 42.7 Å². The van der Waals surface area contributed by atoms with Gasteiger partial charge in [-0.15, -0.1) is 0 Å². The van der Waals surface area contributed by atoms with E-state index in [0.717, 1.165) is 18.9 Å². The van der Waals surface area contributed by atoms with Crippen molar-refractivity contribution >= 4 is 11.6 Å². The first-order chi connectivity index (χ1) is 13.5. The van der Waals surface area contributed by atoms with Crippen LogP contribution in [0.4, 0.5) is 5.82 Å². The fraction of sp³-hybridized carbons (Fsp3) is 0.300. The molecule has 28 heavy (non-hydrogen) atoms. The summed E-state index contributed by atoms with van der Waals surface area (Å²) in [5.41, 5.74) is 1.17. The predicted octanol–water partition coefficient (Wildman–Crippen LogP) is 2.04. The minimum atomic E-state index is -0.0927. The monoisotopic (exact) mass is 377 g/mol. The third-order valence-electron chi connectivity index (χ3n) is 3.96. The Labute approximate surface area is 164 Å². The van der Waals surface area contributed by atoms with E-state index in [9.17, 15) is 4.79 Å². The number of likely N-dealkylation sites (N-methyl/N-ethyl adjacent to an activating group) is 1. The van der Waals surface area contributed by atoms with Crippen molar-refractivity contribution in [3.8, 4) is 11.5 Å². The lowest BCUT2D eigenvalue weighted by molar-refractivity contribution is 0.0990. The van der Waals surface area contributed by atoms with Crippen molar-refractivity contribution in [3.05, 3.63) is 59.9 Å². The van der Waals surface area contributed by atoms with Crippen molar-refractivity contribution in [1.82, 2.24) is 29.8 Å². The fourth-order valence-electron chi connectivity index (χ4n) is 2.54. The molecule has 0 radical (unpaired) electrons. The summed E-state index contributed by atoms with van der Waals surface area (Å²) in [7, 11) is 4.03. The number of carbonyl (C=O) groups is 1. The molecule has 3 rings (SSSR count). The van der Waals surface area contributed by atoms with E-state index in [2.05, 4.69) is 35.1 Å². The molecule has 0 aromatic carbocycles. The zero-order valence-corrected chi connectivity index (χ0v) is 16.3. The molecule has 1 N–H and O–H groups in total. The predicted molar refractivity (Wildman–Crippen MR) is 107 cm³/mol. The van der Waals surface area contributed by atoms with Crippen LogP contribution >= 0.6 is 0 Å². The third-order valence-corrected chi connectivity index (χ3v) is 3.96. The number of Topliss-reactive ketones (excluding diaryl/α,β-unsaturated/α-hetero) is 1. The molecular formula is C20H23N7O. The lowest BCUT2D eigenvalue weighted by Gasteiger charge is -2.10. The Bertz CT molecular complexity index is 927. The van der Waals surface area contributed by atoms with Gasteiger partial charge >= 0.3 is 0 Å². The van der Waals surface area contributed by atoms with E-state index < -0.39 is 0 Å². The minimum absolute atomic E-state index is 0.0816. The van der Waals surface area contributed by atoms with Gasteiger partial charge in [-0.3, -0.25) is 9.78 Å². The Morgan fingerprint density at radius 3 is 2.61 bits per heavy atom. The molecule has 0 saturated carbocycles. The number of anilines is 1. The number of nitrogens with zero attached hydrogens (tertiary/aromatic N) is 6. The average molecular weight is 377 g/mol. The summed E-state index contributed by atoms with van der Waals surface area (Å²) in [6.07, 6.45) is 3.34. The van der Waals surface area contributed by atoms with Crippen LogP contribution in [0.1, 0.15) is 22.0 Å². The molecule has 0 unspecified atom stereocenters. The molecule has 0 spiro atoms. The highest BCUT2D eigenvalue weighted by atomic mass is 16.1. The standard InChI is InChI=1S/C20H23N7O/c1-14-24-19(26-20(25-14)16-6-4-5-9-21-16)12-17(28)15-7-8-18(23-13-15)22-10-11-27(2)3/h4-9,13H,10-12H2,1-3H3,(H,22,23). The molecule has 8 nitrogen and oxygen atoms in total. The maximum atomic E-state index is 12.6. The zero-order valence-electron chi connectivity index (χ0n) is 16.3. The molecule has 3 aromatic heterocycles. The number of hydrogen-bond acceptors (Lipinski definition) is 8. The number of carbonyl (C=O) groups excluding carboxylic acids is 1. The molecule has 0 aliphatic heterocycles. The molecule has 0 amide bonds. The van der Waals surface area contributed by atoms with Gasteiger partial charge in [0.05, 0.1) is 6.42 Å². The number of rotatable bonds is 8. The Balaban J connectivity index is 1.68. The highest BCUT2D eigenvalue weighted by molar-refractivity contribution is 5.97. The van der Waals surface area contributed by atoms with Gasteiger partial charge in [-0.1, -0.05) is 6.07 Å². The van der Waals surface area contributed by atoms with Crippen LogP contribution < -0.4 is 5.32 Å². The van der Waals surface area contributed by atoms with Gasteiger partial charge in [0.15, 0.2) is 11.6 Å². The normalized spacial score (nSPS) is 10.9. The van der Waals surface area contributed by atoms with E-state index in [1.54, 1.807) is 31.5 Å². The maximum absolute atomic E-state index is 12.6. The number of pyridine rings is 2. The zero-order chi connectivity index (χ0) is 19.9. The van der Waals surface area contributed by atoms with E-state index in [4.69, 9.17) is 0 Å². The van der Waals surface area contributed by atoms with Gasteiger partial charge in [0, 0.05) is 31.0 Å². The second-order valence-corrected chi connectivity index (χ2v) is 6.60. The molecule has 0 atom stereocenters. The van der Waals surface area contributed by atoms with Crippen LogP contribution in [-0.2, 0) is 6.42 Å². The first-order valence-corrected chi connectivity index (χ1v) is 9.02. The van der Waals surface area contributed by atoms with Crippen molar-refractivity contribution in [2.24, 2.45) is 0 Å². The first kappa shape index (κ1) is 19.5. The van der Waals surface area contributed by atoms with Crippen LogP contribution in [-0.4, -0.2) is 62.8 Å². The van der Waals surface area contributed by atoms with Crippen molar-refractivity contribution in [2.45, 2.75) is 13.3 Å². The van der Waals surface area contributed by atoms with Gasteiger partial charge < -0.3 is 10.2 Å². The van der Waals surface area contributed by atoms with Crippen LogP contribution in [0.3, 0.4) is 0 Å². The smallest absolute Gasteiger partial charge is 0.181 e. The summed E-state index contributed by atoms with van der Waals surface area (Å²) in [5.74, 6) is 2.09. The molecule has 3 aromatic rings. The quantitative estimate of drug-likeness (QED) is 0.596. The third kappa shape index (κ3) is 5.37. The molecule has 0 saturated heterocycles. The Morgan fingerprint density at radius 1 is 1.07 bits per heavy atom. The highest BCUT2D eigenvalue weighted by Gasteiger charge is 2.13. The van der Waals surface area contributed by atoms with Crippen molar-refractivity contribution in [2.75, 3.05) is 32.5 Å². The van der Waals surface area contributed by atoms with Gasteiger partial charge in [0.25, 0.3) is 0 Å². The van der Waals surface area contributed by atoms with E-state index in [1.807, 2.05) is 32.3 Å². The summed E-state index contributed by atoms with van der Waals surface area (Å²) in [5, 5.41) is 3.22. The number of nitrogens with one attached hydrogen (secondary N) is 1. The molecule has 0 fully saturated rings.